The van der Waals surface area contributed by atoms with Crippen LogP contribution in [0.2, 0.25) is 0 Å². The number of nitrogens with zero attached hydrogens (tertiary/aromatic N) is 1. The number of nitrogens with one attached hydrogen (secondary N) is 2. The summed E-state index contributed by atoms with van der Waals surface area (Å²) in [6, 6.07) is 18.5. The zero-order valence-corrected chi connectivity index (χ0v) is 18.2. The van der Waals surface area contributed by atoms with Crippen LogP contribution in [0.1, 0.15) is 22.3 Å². The summed E-state index contributed by atoms with van der Waals surface area (Å²) >= 11 is 0. The molecule has 4 aromatic rings. The van der Waals surface area contributed by atoms with Crippen molar-refractivity contribution in [3.8, 4) is 11.1 Å². The van der Waals surface area contributed by atoms with Gasteiger partial charge in [-0.3, -0.25) is 0 Å². The average Bonchev–Trinajstić information content (AvgIpc) is 3.32. The summed E-state index contributed by atoms with van der Waals surface area (Å²) in [5, 5.41) is 3.52. The molecule has 30 heavy (non-hydrogen) atoms. The van der Waals surface area contributed by atoms with Crippen LogP contribution >= 0.6 is 24.8 Å². The number of fused-ring (bicyclic) bond motifs is 2. The molecule has 0 atom stereocenters. The fraction of sp³-hybridized carbons (Fsp3) is 0.208. The van der Waals surface area contributed by atoms with E-state index >= 15 is 0 Å². The van der Waals surface area contributed by atoms with Crippen LogP contribution < -0.4 is 5.32 Å². The summed E-state index contributed by atoms with van der Waals surface area (Å²) in [4.78, 5) is 7.43. The van der Waals surface area contributed by atoms with Gasteiger partial charge in [0.15, 0.2) is 0 Å². The van der Waals surface area contributed by atoms with Gasteiger partial charge in [0.25, 0.3) is 0 Å². The Labute approximate surface area is 187 Å². The Kier molecular flexibility index (Phi) is 6.81. The summed E-state index contributed by atoms with van der Waals surface area (Å²) in [6.07, 6.45) is 3.71. The number of benzene rings is 3. The molecular weight excluding hydrogens is 420 g/mol. The molecule has 0 spiro atoms. The third-order valence-corrected chi connectivity index (χ3v) is 5.76. The summed E-state index contributed by atoms with van der Waals surface area (Å²) in [6.45, 7) is 2.59. The maximum Gasteiger partial charge on any atom is 0.128 e. The second kappa shape index (κ2) is 9.17. The summed E-state index contributed by atoms with van der Waals surface area (Å²) in [7, 11) is 0. The topological polar surface area (TPSA) is 40.7 Å². The van der Waals surface area contributed by atoms with Crippen LogP contribution in [-0.4, -0.2) is 16.0 Å². The van der Waals surface area contributed by atoms with Crippen molar-refractivity contribution in [2.45, 2.75) is 32.4 Å². The van der Waals surface area contributed by atoms with Crippen LogP contribution in [-0.2, 0) is 19.4 Å². The van der Waals surface area contributed by atoms with Gasteiger partial charge in [0, 0.05) is 18.2 Å². The largest absolute Gasteiger partial charge is 0.345 e. The first kappa shape index (κ1) is 22.3. The van der Waals surface area contributed by atoms with Crippen molar-refractivity contribution in [2.24, 2.45) is 0 Å². The number of rotatable bonds is 4. The minimum Gasteiger partial charge on any atom is -0.345 e. The van der Waals surface area contributed by atoms with Crippen molar-refractivity contribution in [1.29, 1.82) is 0 Å². The number of hydrogen-bond donors (Lipinski definition) is 2. The van der Waals surface area contributed by atoms with Gasteiger partial charge in [-0.15, -0.1) is 24.8 Å². The Bertz CT molecular complexity index is 1150. The molecular formula is C24H24Cl2FN3. The third-order valence-electron chi connectivity index (χ3n) is 5.76. The molecule has 0 aliphatic heterocycles. The number of H-pyrrole nitrogens is 1. The van der Waals surface area contributed by atoms with E-state index in [0.29, 0.717) is 18.2 Å². The molecule has 3 aromatic carbocycles. The molecule has 0 saturated heterocycles. The Morgan fingerprint density at radius 3 is 2.47 bits per heavy atom. The Morgan fingerprint density at radius 1 is 1.03 bits per heavy atom. The molecule has 0 bridgehead atoms. The SMILES string of the molecule is Cc1cc2[nH]cnc2cc1-c1ccc(CNC2Cc3ccccc3C2)c(F)c1.Cl.Cl. The van der Waals surface area contributed by atoms with Gasteiger partial charge in [-0.2, -0.15) is 0 Å². The maximum absolute atomic E-state index is 14.8. The first-order valence-corrected chi connectivity index (χ1v) is 9.70. The van der Waals surface area contributed by atoms with Crippen molar-refractivity contribution in [3.63, 3.8) is 0 Å². The lowest BCUT2D eigenvalue weighted by molar-refractivity contribution is 0.516. The number of imidazole rings is 1. The van der Waals surface area contributed by atoms with Gasteiger partial charge in [0.2, 0.25) is 0 Å². The van der Waals surface area contributed by atoms with E-state index < -0.39 is 0 Å². The fourth-order valence-corrected chi connectivity index (χ4v) is 4.22. The number of halogens is 3. The van der Waals surface area contributed by atoms with E-state index in [2.05, 4.69) is 45.6 Å². The smallest absolute Gasteiger partial charge is 0.128 e. The van der Waals surface area contributed by atoms with Crippen molar-refractivity contribution < 1.29 is 4.39 Å². The first-order valence-electron chi connectivity index (χ1n) is 9.70. The lowest BCUT2D eigenvalue weighted by Gasteiger charge is -2.14. The first-order chi connectivity index (χ1) is 13.7. The second-order valence-corrected chi connectivity index (χ2v) is 7.65. The lowest BCUT2D eigenvalue weighted by Crippen LogP contribution is -2.29. The molecule has 0 fully saturated rings. The van der Waals surface area contributed by atoms with E-state index in [1.54, 1.807) is 12.4 Å². The van der Waals surface area contributed by atoms with Crippen LogP contribution in [0.4, 0.5) is 4.39 Å². The third kappa shape index (κ3) is 4.22. The van der Waals surface area contributed by atoms with Crippen LogP contribution in [0.5, 0.6) is 0 Å². The Hall–Kier alpha value is -2.40. The minimum atomic E-state index is -0.165. The van der Waals surface area contributed by atoms with Crippen LogP contribution in [0.3, 0.4) is 0 Å². The van der Waals surface area contributed by atoms with Gasteiger partial charge in [-0.25, -0.2) is 9.37 Å². The van der Waals surface area contributed by atoms with Crippen LogP contribution in [0.25, 0.3) is 22.2 Å². The van der Waals surface area contributed by atoms with Gasteiger partial charge >= 0.3 is 0 Å². The molecule has 1 aliphatic rings. The Morgan fingerprint density at radius 2 is 1.77 bits per heavy atom. The Balaban J connectivity index is 0.00000128. The highest BCUT2D eigenvalue weighted by molar-refractivity contribution is 5.86. The second-order valence-electron chi connectivity index (χ2n) is 7.65. The number of aromatic amines is 1. The molecule has 0 unspecified atom stereocenters. The highest BCUT2D eigenvalue weighted by Crippen LogP contribution is 2.29. The predicted octanol–water partition coefficient (Wildman–Crippen LogP) is 5.78. The molecule has 156 valence electrons. The van der Waals surface area contributed by atoms with E-state index in [-0.39, 0.29) is 30.6 Å². The molecule has 1 heterocycles. The highest BCUT2D eigenvalue weighted by atomic mass is 35.5. The van der Waals surface area contributed by atoms with Gasteiger partial charge in [0.05, 0.1) is 17.4 Å². The molecule has 1 aromatic heterocycles. The van der Waals surface area contributed by atoms with E-state index in [1.165, 1.54) is 11.1 Å². The minimum absolute atomic E-state index is 0. The number of aryl methyl sites for hydroxylation is 1. The van der Waals surface area contributed by atoms with Gasteiger partial charge in [-0.1, -0.05) is 36.4 Å². The van der Waals surface area contributed by atoms with E-state index in [4.69, 9.17) is 0 Å². The zero-order valence-electron chi connectivity index (χ0n) is 16.6. The highest BCUT2D eigenvalue weighted by Gasteiger charge is 2.20. The van der Waals surface area contributed by atoms with E-state index in [1.807, 2.05) is 25.1 Å². The molecule has 2 N–H and O–H groups in total. The fourth-order valence-electron chi connectivity index (χ4n) is 4.22. The van der Waals surface area contributed by atoms with Gasteiger partial charge in [0.1, 0.15) is 5.82 Å². The van der Waals surface area contributed by atoms with Gasteiger partial charge in [-0.05, 0) is 65.8 Å². The van der Waals surface area contributed by atoms with E-state index in [0.717, 1.165) is 40.6 Å². The molecule has 0 saturated carbocycles. The van der Waals surface area contributed by atoms with E-state index in [9.17, 15) is 4.39 Å². The molecule has 5 rings (SSSR count). The van der Waals surface area contributed by atoms with Crippen molar-refractivity contribution >= 4 is 35.8 Å². The van der Waals surface area contributed by atoms with Gasteiger partial charge < -0.3 is 10.3 Å². The molecule has 0 radical (unpaired) electrons. The lowest BCUT2D eigenvalue weighted by atomic mass is 9.98. The summed E-state index contributed by atoms with van der Waals surface area (Å²) in [5.41, 5.74) is 8.41. The van der Waals surface area contributed by atoms with Crippen LogP contribution in [0.15, 0.2) is 60.9 Å². The molecule has 6 heteroatoms. The number of aromatic nitrogens is 2. The van der Waals surface area contributed by atoms with Crippen molar-refractivity contribution in [1.82, 2.24) is 15.3 Å². The number of hydrogen-bond acceptors (Lipinski definition) is 2. The zero-order chi connectivity index (χ0) is 19.1. The van der Waals surface area contributed by atoms with Crippen molar-refractivity contribution in [2.75, 3.05) is 0 Å². The molecule has 0 amide bonds. The van der Waals surface area contributed by atoms with Crippen LogP contribution in [0, 0.1) is 12.7 Å². The summed E-state index contributed by atoms with van der Waals surface area (Å²) < 4.78 is 14.8. The monoisotopic (exact) mass is 443 g/mol. The maximum atomic E-state index is 14.8. The quantitative estimate of drug-likeness (QED) is 0.419. The van der Waals surface area contributed by atoms with Crippen molar-refractivity contribution in [3.05, 3.63) is 89.0 Å². The molecule has 3 nitrogen and oxygen atoms in total. The standard InChI is InChI=1S/C24H22FN3.2ClH/c1-15-8-23-24(28-14-27-23)12-21(15)18-6-7-19(22(25)11-18)13-26-20-9-16-4-2-3-5-17(16)10-20;;/h2-8,11-12,14,20,26H,9-10,13H2,1H3,(H,27,28);2*1H. The predicted molar refractivity (Wildman–Crippen MR) is 125 cm³/mol. The molecule has 1 aliphatic carbocycles. The summed E-state index contributed by atoms with van der Waals surface area (Å²) in [5.74, 6) is -0.165. The average molecular weight is 444 g/mol. The normalized spacial score (nSPS) is 13.0.